The van der Waals surface area contributed by atoms with Gasteiger partial charge in [-0.3, -0.25) is 4.79 Å². The van der Waals surface area contributed by atoms with Gasteiger partial charge >= 0.3 is 0 Å². The van der Waals surface area contributed by atoms with Crippen molar-refractivity contribution in [2.24, 2.45) is 0 Å². The summed E-state index contributed by atoms with van der Waals surface area (Å²) in [5, 5.41) is 5.67. The predicted octanol–water partition coefficient (Wildman–Crippen LogP) is 3.47. The number of hydrogen-bond donors (Lipinski definition) is 1. The van der Waals surface area contributed by atoms with Crippen LogP contribution in [0.25, 0.3) is 11.3 Å². The van der Waals surface area contributed by atoms with Crippen molar-refractivity contribution in [3.63, 3.8) is 0 Å². The van der Waals surface area contributed by atoms with Gasteiger partial charge in [0, 0.05) is 30.6 Å². The second-order valence-electron chi connectivity index (χ2n) is 7.18. The van der Waals surface area contributed by atoms with Crippen molar-refractivity contribution in [1.82, 2.24) is 14.6 Å². The lowest BCUT2D eigenvalue weighted by Gasteiger charge is -2.12. The van der Waals surface area contributed by atoms with Crippen LogP contribution >= 0.6 is 11.3 Å². The molecule has 1 saturated heterocycles. The standard InChI is InChI=1S/C21H23N3O4S2/c1-15-23-18(14-29-15)17-6-4-16(5-7-17)10-11-22-21(25)19-8-9-20(28-19)30(26,27)24-12-2-3-13-24/h4-9,14H,2-3,10-13H2,1H3,(H,22,25). The highest BCUT2D eigenvalue weighted by molar-refractivity contribution is 7.89. The van der Waals surface area contributed by atoms with E-state index in [-0.39, 0.29) is 10.9 Å². The van der Waals surface area contributed by atoms with Gasteiger partial charge in [0.15, 0.2) is 5.76 Å². The lowest BCUT2D eigenvalue weighted by molar-refractivity contribution is 0.0921. The Labute approximate surface area is 179 Å². The van der Waals surface area contributed by atoms with E-state index in [4.69, 9.17) is 4.42 Å². The first kappa shape index (κ1) is 20.8. The van der Waals surface area contributed by atoms with Crippen LogP contribution in [-0.2, 0) is 16.4 Å². The van der Waals surface area contributed by atoms with E-state index in [1.807, 2.05) is 36.6 Å². The van der Waals surface area contributed by atoms with Gasteiger partial charge in [-0.15, -0.1) is 11.3 Å². The van der Waals surface area contributed by atoms with E-state index in [0.29, 0.717) is 26.1 Å². The molecule has 1 aliphatic rings. The molecule has 158 valence electrons. The number of thiazole rings is 1. The molecule has 1 fully saturated rings. The molecule has 1 aliphatic heterocycles. The van der Waals surface area contributed by atoms with Crippen molar-refractivity contribution in [3.8, 4) is 11.3 Å². The summed E-state index contributed by atoms with van der Waals surface area (Å²) in [6.45, 7) is 3.38. The summed E-state index contributed by atoms with van der Waals surface area (Å²) in [7, 11) is -3.66. The number of aryl methyl sites for hydroxylation is 1. The fourth-order valence-electron chi connectivity index (χ4n) is 3.38. The van der Waals surface area contributed by atoms with Crippen molar-refractivity contribution < 1.29 is 17.6 Å². The molecule has 1 amide bonds. The Morgan fingerprint density at radius 1 is 1.17 bits per heavy atom. The van der Waals surface area contributed by atoms with E-state index >= 15 is 0 Å². The van der Waals surface area contributed by atoms with E-state index in [0.717, 1.165) is 34.7 Å². The van der Waals surface area contributed by atoms with E-state index in [1.165, 1.54) is 16.4 Å². The lowest BCUT2D eigenvalue weighted by atomic mass is 10.1. The summed E-state index contributed by atoms with van der Waals surface area (Å²) in [5.74, 6) is -0.422. The maximum Gasteiger partial charge on any atom is 0.287 e. The maximum absolute atomic E-state index is 12.5. The van der Waals surface area contributed by atoms with E-state index in [9.17, 15) is 13.2 Å². The number of furan rings is 1. The Morgan fingerprint density at radius 2 is 1.90 bits per heavy atom. The van der Waals surface area contributed by atoms with E-state index < -0.39 is 15.9 Å². The number of carbonyl (C=O) groups excluding carboxylic acids is 1. The number of rotatable bonds is 7. The highest BCUT2D eigenvalue weighted by Gasteiger charge is 2.30. The number of hydrogen-bond acceptors (Lipinski definition) is 6. The van der Waals surface area contributed by atoms with Gasteiger partial charge in [0.2, 0.25) is 5.09 Å². The summed E-state index contributed by atoms with van der Waals surface area (Å²) in [6, 6.07) is 10.8. The number of sulfonamides is 1. The van der Waals surface area contributed by atoms with Crippen molar-refractivity contribution in [1.29, 1.82) is 0 Å². The number of carbonyl (C=O) groups is 1. The molecule has 0 bridgehead atoms. The molecule has 1 aromatic carbocycles. The molecule has 4 rings (SSSR count). The molecule has 0 radical (unpaired) electrons. The summed E-state index contributed by atoms with van der Waals surface area (Å²) < 4.78 is 31.7. The third-order valence-corrected chi connectivity index (χ3v) is 7.58. The van der Waals surface area contributed by atoms with Crippen LogP contribution in [-0.4, -0.2) is 43.2 Å². The van der Waals surface area contributed by atoms with Crippen LogP contribution in [0.5, 0.6) is 0 Å². The minimum atomic E-state index is -3.66. The van der Waals surface area contributed by atoms with Crippen LogP contribution in [0, 0.1) is 6.92 Å². The molecular weight excluding hydrogens is 422 g/mol. The average Bonchev–Trinajstić information content (AvgIpc) is 3.50. The summed E-state index contributed by atoms with van der Waals surface area (Å²) in [4.78, 5) is 16.8. The van der Waals surface area contributed by atoms with Crippen molar-refractivity contribution in [3.05, 3.63) is 58.1 Å². The van der Waals surface area contributed by atoms with Crippen LogP contribution in [0.3, 0.4) is 0 Å². The first-order valence-corrected chi connectivity index (χ1v) is 12.1. The molecule has 30 heavy (non-hydrogen) atoms. The zero-order valence-corrected chi connectivity index (χ0v) is 18.3. The SMILES string of the molecule is Cc1nc(-c2ccc(CCNC(=O)c3ccc(S(=O)(=O)N4CCCC4)o3)cc2)cs1. The van der Waals surface area contributed by atoms with Crippen LogP contribution < -0.4 is 5.32 Å². The second kappa shape index (κ2) is 8.71. The maximum atomic E-state index is 12.5. The molecule has 2 aromatic heterocycles. The molecule has 3 heterocycles. The molecule has 7 nitrogen and oxygen atoms in total. The minimum absolute atomic E-state index is 0.00187. The third-order valence-electron chi connectivity index (χ3n) is 5.03. The second-order valence-corrected chi connectivity index (χ2v) is 10.1. The van der Waals surface area contributed by atoms with Crippen molar-refractivity contribution >= 4 is 27.3 Å². The molecule has 0 atom stereocenters. The van der Waals surface area contributed by atoms with Gasteiger partial charge in [-0.05, 0) is 43.9 Å². The first-order valence-electron chi connectivity index (χ1n) is 9.83. The zero-order valence-electron chi connectivity index (χ0n) is 16.6. The number of nitrogens with zero attached hydrogens (tertiary/aromatic N) is 2. The predicted molar refractivity (Wildman–Crippen MR) is 115 cm³/mol. The van der Waals surface area contributed by atoms with Gasteiger partial charge in [0.25, 0.3) is 15.9 Å². The smallest absolute Gasteiger partial charge is 0.287 e. The third kappa shape index (κ3) is 4.48. The fourth-order valence-corrected chi connectivity index (χ4v) is 5.43. The first-order chi connectivity index (χ1) is 14.4. The number of aromatic nitrogens is 1. The summed E-state index contributed by atoms with van der Waals surface area (Å²) in [5.41, 5.74) is 3.12. The minimum Gasteiger partial charge on any atom is -0.438 e. The van der Waals surface area contributed by atoms with Crippen LogP contribution in [0.15, 0.2) is 51.3 Å². The molecule has 9 heteroatoms. The Balaban J connectivity index is 1.31. The van der Waals surface area contributed by atoms with Gasteiger partial charge < -0.3 is 9.73 Å². The van der Waals surface area contributed by atoms with Crippen LogP contribution in [0.1, 0.15) is 34.0 Å². The average molecular weight is 446 g/mol. The highest BCUT2D eigenvalue weighted by atomic mass is 32.2. The Hall–Kier alpha value is -2.49. The largest absolute Gasteiger partial charge is 0.438 e. The van der Waals surface area contributed by atoms with Gasteiger partial charge in [0.05, 0.1) is 10.7 Å². The van der Waals surface area contributed by atoms with Gasteiger partial charge in [-0.1, -0.05) is 24.3 Å². The Morgan fingerprint density at radius 3 is 2.57 bits per heavy atom. The normalized spacial score (nSPS) is 14.8. The molecule has 3 aromatic rings. The van der Waals surface area contributed by atoms with Crippen molar-refractivity contribution in [2.75, 3.05) is 19.6 Å². The number of amides is 1. The van der Waals surface area contributed by atoms with Gasteiger partial charge in [0.1, 0.15) is 0 Å². The monoisotopic (exact) mass is 445 g/mol. The fraction of sp³-hybridized carbons (Fsp3) is 0.333. The van der Waals surface area contributed by atoms with E-state index in [1.54, 1.807) is 11.3 Å². The number of benzene rings is 1. The zero-order chi connectivity index (χ0) is 21.1. The van der Waals surface area contributed by atoms with Crippen LogP contribution in [0.4, 0.5) is 0 Å². The quantitative estimate of drug-likeness (QED) is 0.601. The molecule has 0 saturated carbocycles. The lowest BCUT2D eigenvalue weighted by Crippen LogP contribution is -2.27. The molecule has 0 unspecified atom stereocenters. The molecule has 0 aliphatic carbocycles. The van der Waals surface area contributed by atoms with E-state index in [2.05, 4.69) is 10.3 Å². The Bertz CT molecular complexity index is 1130. The summed E-state index contributed by atoms with van der Waals surface area (Å²) >= 11 is 1.62. The number of nitrogens with one attached hydrogen (secondary N) is 1. The van der Waals surface area contributed by atoms with Gasteiger partial charge in [-0.2, -0.15) is 4.31 Å². The molecular formula is C21H23N3O4S2. The van der Waals surface area contributed by atoms with Crippen LogP contribution in [0.2, 0.25) is 0 Å². The van der Waals surface area contributed by atoms with Gasteiger partial charge in [-0.25, -0.2) is 13.4 Å². The molecule has 0 spiro atoms. The topological polar surface area (TPSA) is 92.5 Å². The Kier molecular flexibility index (Phi) is 6.03. The highest BCUT2D eigenvalue weighted by Crippen LogP contribution is 2.23. The van der Waals surface area contributed by atoms with Crippen molar-refractivity contribution in [2.45, 2.75) is 31.3 Å². The summed E-state index contributed by atoms with van der Waals surface area (Å²) in [6.07, 6.45) is 2.34. The molecule has 1 N–H and O–H groups in total.